The van der Waals surface area contributed by atoms with Crippen LogP contribution in [-0.2, 0) is 11.3 Å². The Hall–Kier alpha value is -3.22. The van der Waals surface area contributed by atoms with E-state index in [2.05, 4.69) is 5.10 Å². The summed E-state index contributed by atoms with van der Waals surface area (Å²) in [6, 6.07) is 11.0. The van der Waals surface area contributed by atoms with Crippen LogP contribution in [0.1, 0.15) is 16.1 Å². The van der Waals surface area contributed by atoms with Crippen molar-refractivity contribution in [1.82, 2.24) is 9.78 Å². The van der Waals surface area contributed by atoms with Crippen LogP contribution >= 0.6 is 0 Å². The summed E-state index contributed by atoms with van der Waals surface area (Å²) in [5.74, 6) is -1.08. The van der Waals surface area contributed by atoms with Crippen molar-refractivity contribution in [2.24, 2.45) is 0 Å². The zero-order valence-corrected chi connectivity index (χ0v) is 13.7. The van der Waals surface area contributed by atoms with E-state index >= 15 is 0 Å². The van der Waals surface area contributed by atoms with Crippen molar-refractivity contribution in [2.75, 3.05) is 14.2 Å². The molecule has 0 spiro atoms. The standard InChI is InChI=1S/C18H15FN2O4/c1-24-15-8-7-11(9-14(15)19)10-21-17(22)13-6-4-3-5-12(13)16(20-21)18(23)25-2/h3-9H,10H2,1-2H3. The first kappa shape index (κ1) is 16.6. The van der Waals surface area contributed by atoms with Gasteiger partial charge in [-0.05, 0) is 23.8 Å². The van der Waals surface area contributed by atoms with E-state index in [1.165, 1.54) is 26.4 Å². The topological polar surface area (TPSA) is 70.4 Å². The van der Waals surface area contributed by atoms with Crippen LogP contribution in [0, 0.1) is 5.82 Å². The van der Waals surface area contributed by atoms with E-state index in [1.54, 1.807) is 30.3 Å². The molecule has 0 fully saturated rings. The number of aromatic nitrogens is 2. The normalized spacial score (nSPS) is 10.7. The fourth-order valence-electron chi connectivity index (χ4n) is 2.57. The number of nitrogens with zero attached hydrogens (tertiary/aromatic N) is 2. The minimum absolute atomic E-state index is 0.00851. The second kappa shape index (κ2) is 6.72. The van der Waals surface area contributed by atoms with E-state index in [0.29, 0.717) is 16.3 Å². The largest absolute Gasteiger partial charge is 0.494 e. The van der Waals surface area contributed by atoms with Gasteiger partial charge in [-0.1, -0.05) is 24.3 Å². The fourth-order valence-corrected chi connectivity index (χ4v) is 2.57. The number of halogens is 1. The fraction of sp³-hybridized carbons (Fsp3) is 0.167. The number of carbonyl (C=O) groups is 1. The number of fused-ring (bicyclic) bond motifs is 1. The predicted octanol–water partition coefficient (Wildman–Crippen LogP) is 2.38. The monoisotopic (exact) mass is 342 g/mol. The molecule has 0 saturated carbocycles. The molecule has 0 amide bonds. The van der Waals surface area contributed by atoms with Gasteiger partial charge in [-0.15, -0.1) is 0 Å². The number of hydrogen-bond acceptors (Lipinski definition) is 5. The second-order valence-electron chi connectivity index (χ2n) is 5.32. The van der Waals surface area contributed by atoms with Crippen molar-refractivity contribution in [2.45, 2.75) is 6.54 Å². The first-order valence-electron chi connectivity index (χ1n) is 7.45. The molecule has 2 aromatic carbocycles. The average Bonchev–Trinajstić information content (AvgIpc) is 2.63. The van der Waals surface area contributed by atoms with Gasteiger partial charge in [-0.3, -0.25) is 4.79 Å². The average molecular weight is 342 g/mol. The maximum absolute atomic E-state index is 13.9. The van der Waals surface area contributed by atoms with Crippen LogP contribution in [0.25, 0.3) is 10.8 Å². The Morgan fingerprint density at radius 1 is 1.16 bits per heavy atom. The van der Waals surface area contributed by atoms with Crippen LogP contribution in [0.4, 0.5) is 4.39 Å². The van der Waals surface area contributed by atoms with E-state index in [0.717, 1.165) is 4.68 Å². The second-order valence-corrected chi connectivity index (χ2v) is 5.32. The summed E-state index contributed by atoms with van der Waals surface area (Å²) < 4.78 is 24.6. The van der Waals surface area contributed by atoms with Gasteiger partial charge in [-0.25, -0.2) is 13.9 Å². The third-order valence-electron chi connectivity index (χ3n) is 3.80. The predicted molar refractivity (Wildman–Crippen MR) is 89.4 cm³/mol. The Balaban J connectivity index is 2.13. The lowest BCUT2D eigenvalue weighted by Crippen LogP contribution is -2.26. The maximum atomic E-state index is 13.9. The minimum atomic E-state index is -0.647. The lowest BCUT2D eigenvalue weighted by Gasteiger charge is -2.10. The molecule has 0 aliphatic heterocycles. The molecule has 3 rings (SSSR count). The van der Waals surface area contributed by atoms with E-state index in [1.807, 2.05) is 0 Å². The molecule has 6 nitrogen and oxygen atoms in total. The first-order valence-corrected chi connectivity index (χ1v) is 7.45. The molecule has 7 heteroatoms. The van der Waals surface area contributed by atoms with Crippen LogP contribution in [0.5, 0.6) is 5.75 Å². The summed E-state index contributed by atoms with van der Waals surface area (Å²) in [7, 11) is 2.61. The van der Waals surface area contributed by atoms with E-state index in [9.17, 15) is 14.0 Å². The SMILES string of the molecule is COC(=O)c1nn(Cc2ccc(OC)c(F)c2)c(=O)c2ccccc12. The smallest absolute Gasteiger partial charge is 0.359 e. The summed E-state index contributed by atoms with van der Waals surface area (Å²) in [6.45, 7) is 0.00851. The Labute approximate surface area is 142 Å². The molecule has 128 valence electrons. The number of methoxy groups -OCH3 is 2. The summed E-state index contributed by atoms with van der Waals surface area (Å²) in [5, 5.41) is 4.87. The summed E-state index contributed by atoms with van der Waals surface area (Å²) in [5.41, 5.74) is 0.171. The summed E-state index contributed by atoms with van der Waals surface area (Å²) in [6.07, 6.45) is 0. The van der Waals surface area contributed by atoms with Crippen LogP contribution in [-0.4, -0.2) is 30.0 Å². The highest BCUT2D eigenvalue weighted by molar-refractivity contribution is 6.01. The molecule has 0 saturated heterocycles. The van der Waals surface area contributed by atoms with Crippen LogP contribution in [0.3, 0.4) is 0 Å². The Morgan fingerprint density at radius 3 is 2.52 bits per heavy atom. The van der Waals surface area contributed by atoms with Crippen molar-refractivity contribution >= 4 is 16.7 Å². The van der Waals surface area contributed by atoms with Crippen LogP contribution in [0.2, 0.25) is 0 Å². The molecule has 1 aromatic heterocycles. The zero-order chi connectivity index (χ0) is 18.0. The molecule has 0 atom stereocenters. The summed E-state index contributed by atoms with van der Waals surface area (Å²) in [4.78, 5) is 24.6. The highest BCUT2D eigenvalue weighted by Gasteiger charge is 2.17. The van der Waals surface area contributed by atoms with Gasteiger partial charge in [0.2, 0.25) is 0 Å². The number of rotatable bonds is 4. The Morgan fingerprint density at radius 2 is 1.88 bits per heavy atom. The summed E-state index contributed by atoms with van der Waals surface area (Å²) >= 11 is 0. The number of carbonyl (C=O) groups excluding carboxylic acids is 1. The number of esters is 1. The van der Waals surface area contributed by atoms with E-state index in [-0.39, 0.29) is 23.5 Å². The van der Waals surface area contributed by atoms with Gasteiger partial charge in [0, 0.05) is 5.39 Å². The van der Waals surface area contributed by atoms with E-state index in [4.69, 9.17) is 9.47 Å². The zero-order valence-electron chi connectivity index (χ0n) is 13.7. The third kappa shape index (κ3) is 3.08. The minimum Gasteiger partial charge on any atom is -0.494 e. The molecule has 0 unspecified atom stereocenters. The van der Waals surface area contributed by atoms with Crippen LogP contribution in [0.15, 0.2) is 47.3 Å². The quantitative estimate of drug-likeness (QED) is 0.681. The molecule has 0 bridgehead atoms. The molecule has 0 aliphatic carbocycles. The molecular weight excluding hydrogens is 327 g/mol. The van der Waals surface area contributed by atoms with Gasteiger partial charge in [0.25, 0.3) is 5.56 Å². The molecular formula is C18H15FN2O4. The Bertz CT molecular complexity index is 1010. The number of hydrogen-bond donors (Lipinski definition) is 0. The lowest BCUT2D eigenvalue weighted by molar-refractivity contribution is 0.0593. The molecule has 25 heavy (non-hydrogen) atoms. The van der Waals surface area contributed by atoms with Gasteiger partial charge in [0.05, 0.1) is 26.2 Å². The van der Waals surface area contributed by atoms with Crippen molar-refractivity contribution in [1.29, 1.82) is 0 Å². The van der Waals surface area contributed by atoms with Crippen molar-refractivity contribution in [3.8, 4) is 5.75 Å². The molecule has 0 aliphatic rings. The molecule has 1 heterocycles. The third-order valence-corrected chi connectivity index (χ3v) is 3.80. The van der Waals surface area contributed by atoms with Crippen LogP contribution < -0.4 is 10.3 Å². The van der Waals surface area contributed by atoms with Gasteiger partial charge < -0.3 is 9.47 Å². The first-order chi connectivity index (χ1) is 12.0. The van der Waals surface area contributed by atoms with Gasteiger partial charge in [0.1, 0.15) is 0 Å². The van der Waals surface area contributed by atoms with E-state index < -0.39 is 11.8 Å². The van der Waals surface area contributed by atoms with Gasteiger partial charge in [-0.2, -0.15) is 5.10 Å². The molecule has 3 aromatic rings. The van der Waals surface area contributed by atoms with Crippen molar-refractivity contribution in [3.05, 3.63) is 69.9 Å². The molecule has 0 radical (unpaired) electrons. The van der Waals surface area contributed by atoms with Crippen molar-refractivity contribution < 1.29 is 18.7 Å². The lowest BCUT2D eigenvalue weighted by atomic mass is 10.1. The van der Waals surface area contributed by atoms with Gasteiger partial charge in [0.15, 0.2) is 17.3 Å². The highest BCUT2D eigenvalue weighted by atomic mass is 19.1. The number of ether oxygens (including phenoxy) is 2. The maximum Gasteiger partial charge on any atom is 0.359 e. The highest BCUT2D eigenvalue weighted by Crippen LogP contribution is 2.19. The molecule has 0 N–H and O–H groups in total. The number of benzene rings is 2. The van der Waals surface area contributed by atoms with Gasteiger partial charge >= 0.3 is 5.97 Å². The Kier molecular flexibility index (Phi) is 4.47. The van der Waals surface area contributed by atoms with Crippen molar-refractivity contribution in [3.63, 3.8) is 0 Å².